The molecule has 1 aromatic carbocycles. The highest BCUT2D eigenvalue weighted by atomic mass is 32.2. The van der Waals surface area contributed by atoms with E-state index in [9.17, 15) is 8.42 Å². The van der Waals surface area contributed by atoms with Crippen molar-refractivity contribution in [1.29, 1.82) is 0 Å². The number of nitrogens with zero attached hydrogens (tertiary/aromatic N) is 2. The van der Waals surface area contributed by atoms with Crippen molar-refractivity contribution in [1.82, 2.24) is 10.1 Å². The van der Waals surface area contributed by atoms with Crippen molar-refractivity contribution in [2.45, 2.75) is 30.6 Å². The van der Waals surface area contributed by atoms with E-state index in [1.165, 1.54) is 6.26 Å². The third-order valence-electron chi connectivity index (χ3n) is 3.75. The molecule has 21 heavy (non-hydrogen) atoms. The van der Waals surface area contributed by atoms with Crippen LogP contribution in [0.25, 0.3) is 11.5 Å². The highest BCUT2D eigenvalue weighted by Crippen LogP contribution is 2.37. The molecule has 0 spiro atoms. The van der Waals surface area contributed by atoms with Gasteiger partial charge in [-0.25, -0.2) is 8.42 Å². The highest BCUT2D eigenvalue weighted by molar-refractivity contribution is 7.89. The van der Waals surface area contributed by atoms with Gasteiger partial charge in [0.25, 0.3) is 5.89 Å². The zero-order valence-electron chi connectivity index (χ0n) is 11.7. The van der Waals surface area contributed by atoms with Gasteiger partial charge in [0.05, 0.1) is 11.3 Å². The molecule has 7 heteroatoms. The van der Waals surface area contributed by atoms with Crippen LogP contribution in [0, 0.1) is 0 Å². The van der Waals surface area contributed by atoms with Crippen molar-refractivity contribution in [2.24, 2.45) is 5.73 Å². The first-order valence-electron chi connectivity index (χ1n) is 6.76. The first-order chi connectivity index (χ1) is 9.86. The SMILES string of the molecule is CS(=O)(=O)Cc1ccc(-c2nc(C3(N)CCC3)no2)cc1. The van der Waals surface area contributed by atoms with Crippen LogP contribution in [0.2, 0.25) is 0 Å². The second-order valence-electron chi connectivity index (χ2n) is 5.70. The molecule has 112 valence electrons. The molecule has 0 aliphatic heterocycles. The fourth-order valence-electron chi connectivity index (χ4n) is 2.37. The Morgan fingerprint density at radius 2 is 1.95 bits per heavy atom. The molecular formula is C14H17N3O3S. The monoisotopic (exact) mass is 307 g/mol. The molecule has 3 rings (SSSR count). The van der Waals surface area contributed by atoms with Crippen LogP contribution in [0.4, 0.5) is 0 Å². The Balaban J connectivity index is 1.81. The number of sulfone groups is 1. The standard InChI is InChI=1S/C14H17N3O3S/c1-21(18,19)9-10-3-5-11(6-4-10)12-16-13(17-20-12)14(15)7-2-8-14/h3-6H,2,7-9,15H2,1H3. The molecule has 1 saturated carbocycles. The Bertz CT molecular complexity index is 746. The van der Waals surface area contributed by atoms with Gasteiger partial charge in [-0.15, -0.1) is 0 Å². The van der Waals surface area contributed by atoms with Gasteiger partial charge in [-0.2, -0.15) is 4.98 Å². The van der Waals surface area contributed by atoms with E-state index in [1.54, 1.807) is 24.3 Å². The number of nitrogens with two attached hydrogens (primary N) is 1. The summed E-state index contributed by atoms with van der Waals surface area (Å²) in [4.78, 5) is 4.36. The number of benzene rings is 1. The number of aromatic nitrogens is 2. The normalized spacial score (nSPS) is 17.4. The first kappa shape index (κ1) is 14.2. The van der Waals surface area contributed by atoms with Gasteiger partial charge >= 0.3 is 0 Å². The smallest absolute Gasteiger partial charge is 0.257 e. The highest BCUT2D eigenvalue weighted by Gasteiger charge is 2.39. The Morgan fingerprint density at radius 1 is 1.29 bits per heavy atom. The van der Waals surface area contributed by atoms with E-state index in [0.29, 0.717) is 11.7 Å². The number of hydrogen-bond donors (Lipinski definition) is 1. The van der Waals surface area contributed by atoms with E-state index in [-0.39, 0.29) is 5.75 Å². The lowest BCUT2D eigenvalue weighted by molar-refractivity contribution is 0.229. The molecule has 0 bridgehead atoms. The minimum atomic E-state index is -3.03. The zero-order valence-corrected chi connectivity index (χ0v) is 12.6. The Labute approximate surface area is 123 Å². The third kappa shape index (κ3) is 2.98. The van der Waals surface area contributed by atoms with Crippen LogP contribution in [0.15, 0.2) is 28.8 Å². The molecule has 6 nitrogen and oxygen atoms in total. The average Bonchev–Trinajstić information content (AvgIpc) is 2.85. The van der Waals surface area contributed by atoms with E-state index in [0.717, 1.165) is 30.4 Å². The molecule has 0 unspecified atom stereocenters. The second-order valence-corrected chi connectivity index (χ2v) is 7.84. The largest absolute Gasteiger partial charge is 0.334 e. The summed E-state index contributed by atoms with van der Waals surface area (Å²) < 4.78 is 27.8. The van der Waals surface area contributed by atoms with Crippen molar-refractivity contribution in [3.8, 4) is 11.5 Å². The van der Waals surface area contributed by atoms with Crippen LogP contribution < -0.4 is 5.73 Å². The van der Waals surface area contributed by atoms with Crippen LogP contribution >= 0.6 is 0 Å². The number of rotatable bonds is 4. The van der Waals surface area contributed by atoms with E-state index >= 15 is 0 Å². The van der Waals surface area contributed by atoms with Gasteiger partial charge < -0.3 is 10.3 Å². The maximum atomic E-state index is 11.3. The van der Waals surface area contributed by atoms with Crippen molar-refractivity contribution in [3.05, 3.63) is 35.7 Å². The molecule has 1 fully saturated rings. The molecule has 1 aliphatic carbocycles. The maximum Gasteiger partial charge on any atom is 0.257 e. The van der Waals surface area contributed by atoms with Crippen LogP contribution in [0.3, 0.4) is 0 Å². The van der Waals surface area contributed by atoms with Gasteiger partial charge in [0.15, 0.2) is 15.7 Å². The molecule has 0 amide bonds. The molecule has 0 radical (unpaired) electrons. The van der Waals surface area contributed by atoms with Crippen LogP contribution in [-0.4, -0.2) is 24.8 Å². The lowest BCUT2D eigenvalue weighted by Gasteiger charge is -2.34. The Kier molecular flexibility index (Phi) is 3.33. The molecule has 1 aromatic heterocycles. The molecule has 1 aliphatic rings. The predicted molar refractivity (Wildman–Crippen MR) is 78.0 cm³/mol. The summed E-state index contributed by atoms with van der Waals surface area (Å²) in [5.41, 5.74) is 7.20. The summed E-state index contributed by atoms with van der Waals surface area (Å²) >= 11 is 0. The van der Waals surface area contributed by atoms with Crippen LogP contribution in [-0.2, 0) is 21.1 Å². The Morgan fingerprint density at radius 3 is 2.48 bits per heavy atom. The average molecular weight is 307 g/mol. The summed E-state index contributed by atoms with van der Waals surface area (Å²) in [5.74, 6) is 0.977. The summed E-state index contributed by atoms with van der Waals surface area (Å²) in [6.45, 7) is 0. The molecular weight excluding hydrogens is 290 g/mol. The van der Waals surface area contributed by atoms with E-state index < -0.39 is 15.4 Å². The lowest BCUT2D eigenvalue weighted by atomic mass is 9.77. The molecule has 2 aromatic rings. The predicted octanol–water partition coefficient (Wildman–Crippen LogP) is 1.62. The molecule has 0 atom stereocenters. The van der Waals surface area contributed by atoms with Gasteiger partial charge in [-0.1, -0.05) is 17.3 Å². The van der Waals surface area contributed by atoms with Crippen molar-refractivity contribution >= 4 is 9.84 Å². The summed E-state index contributed by atoms with van der Waals surface area (Å²) in [6, 6.07) is 7.06. The van der Waals surface area contributed by atoms with Crippen molar-refractivity contribution in [3.63, 3.8) is 0 Å². The van der Waals surface area contributed by atoms with Gasteiger partial charge in [0.1, 0.15) is 0 Å². The molecule has 0 saturated heterocycles. The van der Waals surface area contributed by atoms with Crippen LogP contribution in [0.1, 0.15) is 30.7 Å². The Hall–Kier alpha value is -1.73. The van der Waals surface area contributed by atoms with Gasteiger partial charge in [0, 0.05) is 11.8 Å². The van der Waals surface area contributed by atoms with E-state index in [2.05, 4.69) is 10.1 Å². The summed E-state index contributed by atoms with van der Waals surface area (Å²) in [6.07, 6.45) is 4.05. The maximum absolute atomic E-state index is 11.3. The summed E-state index contributed by atoms with van der Waals surface area (Å²) in [7, 11) is -3.03. The quantitative estimate of drug-likeness (QED) is 0.921. The first-order valence-corrected chi connectivity index (χ1v) is 8.82. The van der Waals surface area contributed by atoms with Crippen molar-refractivity contribution in [2.75, 3.05) is 6.26 Å². The fourth-order valence-corrected chi connectivity index (χ4v) is 3.17. The van der Waals surface area contributed by atoms with Crippen LogP contribution in [0.5, 0.6) is 0 Å². The summed E-state index contributed by atoms with van der Waals surface area (Å²) in [5, 5.41) is 3.96. The minimum Gasteiger partial charge on any atom is -0.334 e. The zero-order chi connectivity index (χ0) is 15.1. The fraction of sp³-hybridized carbons (Fsp3) is 0.429. The molecule has 1 heterocycles. The molecule has 2 N–H and O–H groups in total. The van der Waals surface area contributed by atoms with Gasteiger partial charge in [0.2, 0.25) is 0 Å². The lowest BCUT2D eigenvalue weighted by Crippen LogP contribution is -2.44. The second kappa shape index (κ2) is 4.92. The van der Waals surface area contributed by atoms with E-state index in [1.807, 2.05) is 0 Å². The van der Waals surface area contributed by atoms with Crippen molar-refractivity contribution < 1.29 is 12.9 Å². The minimum absolute atomic E-state index is 0.0221. The van der Waals surface area contributed by atoms with Gasteiger partial charge in [-0.05, 0) is 37.0 Å². The third-order valence-corrected chi connectivity index (χ3v) is 4.60. The van der Waals surface area contributed by atoms with E-state index in [4.69, 9.17) is 10.3 Å². The topological polar surface area (TPSA) is 99.1 Å². The number of hydrogen-bond acceptors (Lipinski definition) is 6. The van der Waals surface area contributed by atoms with Gasteiger partial charge in [-0.3, -0.25) is 0 Å².